The summed E-state index contributed by atoms with van der Waals surface area (Å²) in [5.41, 5.74) is 2.97. The second-order valence-corrected chi connectivity index (χ2v) is 16.6. The number of methoxy groups -OCH3 is 1. The molecule has 4 rings (SSSR count). The quantitative estimate of drug-likeness (QED) is 0.171. The van der Waals surface area contributed by atoms with Crippen LogP contribution in [0, 0.1) is 6.92 Å². The maximum atomic E-state index is 13.8. The average molecular weight is 571 g/mol. The van der Waals surface area contributed by atoms with Crippen LogP contribution in [0.2, 0.25) is 18.1 Å². The Morgan fingerprint density at radius 1 is 1.08 bits per heavy atom. The fraction of sp³-hybridized carbons (Fsp3) is 0.429. The van der Waals surface area contributed by atoms with E-state index in [0.717, 1.165) is 44.2 Å². The van der Waals surface area contributed by atoms with E-state index in [9.17, 15) is 4.79 Å². The molecule has 36 heavy (non-hydrogen) atoms. The number of nitrogens with zero attached hydrogens (tertiary/aromatic N) is 3. The van der Waals surface area contributed by atoms with E-state index in [-0.39, 0.29) is 10.6 Å². The minimum atomic E-state index is -1.85. The van der Waals surface area contributed by atoms with Crippen LogP contribution in [0.1, 0.15) is 38.3 Å². The largest absolute Gasteiger partial charge is 0.497 e. The molecule has 0 aliphatic rings. The number of aryl methyl sites for hydroxylation is 2. The van der Waals surface area contributed by atoms with E-state index in [1.54, 1.807) is 7.11 Å². The van der Waals surface area contributed by atoms with Crippen LogP contribution in [-0.2, 0) is 17.5 Å². The van der Waals surface area contributed by atoms with Crippen molar-refractivity contribution in [3.8, 4) is 5.75 Å². The number of benzene rings is 2. The normalized spacial score (nSPS) is 12.6. The second kappa shape index (κ2) is 10.1. The van der Waals surface area contributed by atoms with E-state index in [1.807, 2.05) is 52.7 Å². The van der Waals surface area contributed by atoms with Crippen LogP contribution in [-0.4, -0.2) is 36.4 Å². The second-order valence-electron chi connectivity index (χ2n) is 11.0. The lowest BCUT2D eigenvalue weighted by atomic mass is 10.1. The fourth-order valence-corrected chi connectivity index (χ4v) is 6.14. The van der Waals surface area contributed by atoms with Crippen molar-refractivity contribution >= 4 is 46.1 Å². The third kappa shape index (κ3) is 5.17. The summed E-state index contributed by atoms with van der Waals surface area (Å²) in [6.45, 7) is 15.0. The summed E-state index contributed by atoms with van der Waals surface area (Å²) in [6, 6.07) is 12.0. The molecule has 0 aliphatic heterocycles. The molecule has 192 valence electrons. The minimum Gasteiger partial charge on any atom is -0.497 e. The van der Waals surface area contributed by atoms with Gasteiger partial charge in [-0.2, -0.15) is 5.10 Å². The van der Waals surface area contributed by atoms with Gasteiger partial charge in [-0.15, -0.1) is 0 Å². The molecule has 0 radical (unpaired) electrons. The molecule has 0 fully saturated rings. The molecule has 2 aromatic carbocycles. The maximum absolute atomic E-state index is 13.8. The summed E-state index contributed by atoms with van der Waals surface area (Å²) in [4.78, 5) is 13.8. The summed E-state index contributed by atoms with van der Waals surface area (Å²) in [6.07, 6.45) is 2.64. The number of aromatic nitrogens is 3. The number of pyridine rings is 1. The summed E-state index contributed by atoms with van der Waals surface area (Å²) >= 11 is 3.71. The molecular formula is C28H36BrN3O3Si. The van der Waals surface area contributed by atoms with Crippen LogP contribution < -0.4 is 10.3 Å². The van der Waals surface area contributed by atoms with E-state index < -0.39 is 8.32 Å². The first-order chi connectivity index (χ1) is 16.9. The molecule has 2 aromatic heterocycles. The van der Waals surface area contributed by atoms with Crippen molar-refractivity contribution in [2.24, 2.45) is 0 Å². The van der Waals surface area contributed by atoms with Gasteiger partial charge in [0.05, 0.1) is 19.9 Å². The Morgan fingerprint density at radius 2 is 1.78 bits per heavy atom. The van der Waals surface area contributed by atoms with E-state index >= 15 is 0 Å². The van der Waals surface area contributed by atoms with Gasteiger partial charge in [0.1, 0.15) is 11.4 Å². The summed E-state index contributed by atoms with van der Waals surface area (Å²) < 4.78 is 16.4. The highest BCUT2D eigenvalue weighted by molar-refractivity contribution is 9.10. The molecular weight excluding hydrogens is 534 g/mol. The molecule has 0 unspecified atom stereocenters. The molecule has 0 atom stereocenters. The zero-order chi connectivity index (χ0) is 26.3. The maximum Gasteiger partial charge on any atom is 0.260 e. The molecule has 8 heteroatoms. The lowest BCUT2D eigenvalue weighted by Gasteiger charge is -2.36. The van der Waals surface area contributed by atoms with Crippen molar-refractivity contribution < 1.29 is 9.16 Å². The lowest BCUT2D eigenvalue weighted by molar-refractivity contribution is 0.275. The number of ether oxygens (including phenoxy) is 1. The van der Waals surface area contributed by atoms with Crippen molar-refractivity contribution in [3.05, 3.63) is 68.5 Å². The predicted octanol–water partition coefficient (Wildman–Crippen LogP) is 6.89. The highest BCUT2D eigenvalue weighted by Crippen LogP contribution is 2.36. The number of rotatable bonds is 8. The van der Waals surface area contributed by atoms with Crippen molar-refractivity contribution in [3.63, 3.8) is 0 Å². The monoisotopic (exact) mass is 569 g/mol. The molecule has 0 bridgehead atoms. The van der Waals surface area contributed by atoms with Crippen molar-refractivity contribution in [1.82, 2.24) is 14.3 Å². The average Bonchev–Trinajstić information content (AvgIpc) is 3.21. The Morgan fingerprint density at radius 3 is 2.42 bits per heavy atom. The molecule has 0 N–H and O–H groups in total. The fourth-order valence-electron chi connectivity index (χ4n) is 4.26. The van der Waals surface area contributed by atoms with Crippen molar-refractivity contribution in [2.45, 2.75) is 65.3 Å². The zero-order valence-electron chi connectivity index (χ0n) is 22.3. The van der Waals surface area contributed by atoms with Gasteiger partial charge in [0.2, 0.25) is 0 Å². The number of halogens is 1. The van der Waals surface area contributed by atoms with Crippen molar-refractivity contribution in [1.29, 1.82) is 0 Å². The highest BCUT2D eigenvalue weighted by atomic mass is 79.9. The van der Waals surface area contributed by atoms with Gasteiger partial charge < -0.3 is 9.16 Å². The van der Waals surface area contributed by atoms with Gasteiger partial charge in [-0.25, -0.2) is 4.68 Å². The van der Waals surface area contributed by atoms with Crippen molar-refractivity contribution in [2.75, 3.05) is 13.7 Å². The third-order valence-electron chi connectivity index (χ3n) is 7.33. The van der Waals surface area contributed by atoms with Gasteiger partial charge >= 0.3 is 0 Å². The van der Waals surface area contributed by atoms with E-state index in [0.29, 0.717) is 25.1 Å². The molecule has 2 heterocycles. The molecule has 0 saturated heterocycles. The van der Waals surface area contributed by atoms with E-state index in [1.165, 1.54) is 0 Å². The highest BCUT2D eigenvalue weighted by Gasteiger charge is 2.36. The first kappa shape index (κ1) is 26.6. The lowest BCUT2D eigenvalue weighted by Crippen LogP contribution is -2.41. The van der Waals surface area contributed by atoms with Gasteiger partial charge in [-0.3, -0.25) is 9.36 Å². The van der Waals surface area contributed by atoms with Crippen LogP contribution in [0.25, 0.3) is 21.8 Å². The molecule has 0 saturated carbocycles. The van der Waals surface area contributed by atoms with Gasteiger partial charge in [0.25, 0.3) is 5.56 Å². The first-order valence-electron chi connectivity index (χ1n) is 12.4. The molecule has 4 aromatic rings. The van der Waals surface area contributed by atoms with Crippen LogP contribution >= 0.6 is 15.9 Å². The zero-order valence-corrected chi connectivity index (χ0v) is 24.9. The minimum absolute atomic E-state index is 0.00528. The van der Waals surface area contributed by atoms with Crippen LogP contribution in [0.4, 0.5) is 0 Å². The van der Waals surface area contributed by atoms with Crippen LogP contribution in [0.5, 0.6) is 5.75 Å². The number of hydrogen-bond donors (Lipinski definition) is 0. The van der Waals surface area contributed by atoms with E-state index in [4.69, 9.17) is 14.3 Å². The molecule has 0 spiro atoms. The Labute approximate surface area is 222 Å². The van der Waals surface area contributed by atoms with Gasteiger partial charge in [-0.05, 0) is 66.9 Å². The Kier molecular flexibility index (Phi) is 7.51. The van der Waals surface area contributed by atoms with Crippen LogP contribution in [0.3, 0.4) is 0 Å². The SMILES string of the molecule is COc1ccc(Cn2ncc3c4c(Br)cc(C)cc4c(=O)n(CCCO[Si](C)(C)C(C)(C)C)c32)cc1. The molecule has 0 aliphatic carbocycles. The standard InChI is InChI=1S/C28H36BrN3O3Si/c1-19-15-22-25(24(29)16-19)23-17-30-32(18-20-9-11-21(34-5)12-10-20)26(23)31(27(22)33)13-8-14-35-36(6,7)28(2,3)4/h9-12,15-17H,8,13-14,18H2,1-7H3. The van der Waals surface area contributed by atoms with Gasteiger partial charge in [-0.1, -0.05) is 48.8 Å². The number of hydrogen-bond acceptors (Lipinski definition) is 4. The van der Waals surface area contributed by atoms with E-state index in [2.05, 4.69) is 55.9 Å². The Hall–Kier alpha value is -2.42. The summed E-state index contributed by atoms with van der Waals surface area (Å²) in [5.74, 6) is 0.813. The summed E-state index contributed by atoms with van der Waals surface area (Å²) in [7, 11) is -0.186. The molecule has 0 amide bonds. The smallest absolute Gasteiger partial charge is 0.260 e. The summed E-state index contributed by atoms with van der Waals surface area (Å²) in [5, 5.41) is 7.47. The van der Waals surface area contributed by atoms with Crippen LogP contribution in [0.15, 0.2) is 51.9 Å². The number of fused-ring (bicyclic) bond motifs is 3. The van der Waals surface area contributed by atoms with Gasteiger partial charge in [0.15, 0.2) is 8.32 Å². The Bertz CT molecular complexity index is 1450. The molecule has 6 nitrogen and oxygen atoms in total. The Balaban J connectivity index is 1.76. The predicted molar refractivity (Wildman–Crippen MR) is 154 cm³/mol. The van der Waals surface area contributed by atoms with Gasteiger partial charge in [0, 0.05) is 33.8 Å². The first-order valence-corrected chi connectivity index (χ1v) is 16.1. The topological polar surface area (TPSA) is 58.3 Å². The third-order valence-corrected chi connectivity index (χ3v) is 12.5.